The van der Waals surface area contributed by atoms with E-state index in [1.54, 1.807) is 69.3 Å². The lowest BCUT2D eigenvalue weighted by molar-refractivity contribution is -0.675. The van der Waals surface area contributed by atoms with Crippen LogP contribution in [0.5, 0.6) is 5.75 Å². The molecule has 2 aromatic heterocycles. The fourth-order valence-electron chi connectivity index (χ4n) is 8.11. The maximum Gasteiger partial charge on any atom is 0.355 e. The minimum Gasteiger partial charge on any atom is -1.00 e. The van der Waals surface area contributed by atoms with Crippen LogP contribution in [0, 0.1) is 0 Å². The van der Waals surface area contributed by atoms with Crippen LogP contribution in [0.25, 0.3) is 0 Å². The molecule has 7 N–H and O–H groups in total. The number of halogens is 1. The smallest absolute Gasteiger partial charge is 0.355 e. The van der Waals surface area contributed by atoms with E-state index in [1.165, 1.54) is 59.7 Å². The van der Waals surface area contributed by atoms with Gasteiger partial charge >= 0.3 is 17.1 Å². The number of benzene rings is 4. The molecule has 75 heavy (non-hydrogen) atoms. The number of rotatable bonds is 19. The van der Waals surface area contributed by atoms with Crippen molar-refractivity contribution >= 4 is 81.1 Å². The van der Waals surface area contributed by atoms with Gasteiger partial charge in [-0.05, 0) is 86.3 Å². The molecule has 2 amide bonds. The van der Waals surface area contributed by atoms with Crippen molar-refractivity contribution in [1.82, 2.24) is 20.2 Å². The van der Waals surface area contributed by atoms with E-state index in [4.69, 9.17) is 35.5 Å². The van der Waals surface area contributed by atoms with Crippen LogP contribution in [0.4, 0.5) is 16.8 Å². The number of nitrogens with two attached hydrogens (primary N) is 2. The molecule has 4 aromatic carbocycles. The Bertz CT molecular complexity index is 2990. The van der Waals surface area contributed by atoms with E-state index in [2.05, 4.69) is 26.2 Å². The Hall–Kier alpha value is -7.33. The van der Waals surface area contributed by atoms with Crippen molar-refractivity contribution in [2.75, 3.05) is 47.9 Å². The molecule has 4 heterocycles. The lowest BCUT2D eigenvalue weighted by Crippen LogP contribution is -3.00. The molecule has 0 saturated carbocycles. The number of fused-ring (bicyclic) bond motifs is 1. The summed E-state index contributed by atoms with van der Waals surface area (Å²) in [5.41, 5.74) is 15.6. The van der Waals surface area contributed by atoms with Crippen LogP contribution in [0.2, 0.25) is 0 Å². The lowest BCUT2D eigenvalue weighted by Gasteiger charge is -2.49. The number of anilines is 3. The minimum absolute atomic E-state index is 0. The van der Waals surface area contributed by atoms with Crippen molar-refractivity contribution in [3.05, 3.63) is 166 Å². The second-order valence-corrected chi connectivity index (χ2v) is 21.4. The maximum atomic E-state index is 14.8. The summed E-state index contributed by atoms with van der Waals surface area (Å²) in [6, 6.07) is 37.3. The maximum absolute atomic E-state index is 14.8. The molecule has 392 valence electrons. The van der Waals surface area contributed by atoms with Crippen LogP contribution >= 0.6 is 34.9 Å². The molecule has 2 atom stereocenters. The highest BCUT2D eigenvalue weighted by Crippen LogP contribution is 2.43. The van der Waals surface area contributed by atoms with E-state index in [-0.39, 0.29) is 53.4 Å². The number of hydrogen-bond donors (Lipinski definition) is 5. The van der Waals surface area contributed by atoms with E-state index in [1.807, 2.05) is 91.0 Å². The summed E-state index contributed by atoms with van der Waals surface area (Å²) < 4.78 is 18.3. The summed E-state index contributed by atoms with van der Waals surface area (Å²) in [4.78, 5) is 73.5. The van der Waals surface area contributed by atoms with Gasteiger partial charge in [0.2, 0.25) is 17.2 Å². The molecule has 0 radical (unpaired) electrons. The first-order chi connectivity index (χ1) is 35.4. The van der Waals surface area contributed by atoms with Gasteiger partial charge in [0.15, 0.2) is 10.8 Å². The minimum atomic E-state index is -1.67. The van der Waals surface area contributed by atoms with E-state index >= 15 is 0 Å². The van der Waals surface area contributed by atoms with Gasteiger partial charge in [-0.2, -0.15) is 0 Å². The number of nitrogens with zero attached hydrogens (tertiary/aromatic N) is 5. The van der Waals surface area contributed by atoms with Gasteiger partial charge in [-0.1, -0.05) is 113 Å². The fourth-order valence-corrected chi connectivity index (χ4v) is 11.4. The first kappa shape index (κ1) is 55.4. The van der Waals surface area contributed by atoms with Crippen LogP contribution in [0.3, 0.4) is 0 Å². The van der Waals surface area contributed by atoms with Gasteiger partial charge in [0.05, 0.1) is 13.2 Å². The number of amides is 2. The zero-order valence-electron chi connectivity index (χ0n) is 42.2. The predicted octanol–water partition coefficient (Wildman–Crippen LogP) is 3.61. The van der Waals surface area contributed by atoms with Crippen LogP contribution in [-0.4, -0.2) is 92.6 Å². The summed E-state index contributed by atoms with van der Waals surface area (Å²) in [5.74, 6) is -1.22. The Morgan fingerprint density at radius 1 is 0.880 bits per heavy atom. The molecule has 0 spiro atoms. The Morgan fingerprint density at radius 3 is 2.04 bits per heavy atom. The molecule has 8 rings (SSSR count). The van der Waals surface area contributed by atoms with E-state index in [0.717, 1.165) is 16.7 Å². The van der Waals surface area contributed by atoms with Gasteiger partial charge in [-0.3, -0.25) is 19.9 Å². The zero-order valence-corrected chi connectivity index (χ0v) is 45.4. The monoisotopic (exact) mass is 1090 g/mol. The fraction of sp³-hybridized carbons (Fsp3) is 0.283. The molecule has 2 aliphatic rings. The zero-order chi connectivity index (χ0) is 52.8. The third-order valence-corrected chi connectivity index (χ3v) is 14.9. The Morgan fingerprint density at radius 2 is 1.48 bits per heavy atom. The van der Waals surface area contributed by atoms with Gasteiger partial charge in [0, 0.05) is 23.9 Å². The van der Waals surface area contributed by atoms with Crippen LogP contribution in [0.15, 0.2) is 148 Å². The molecule has 22 heteroatoms. The molecule has 6 aromatic rings. The molecule has 2 aliphatic heterocycles. The molecule has 1 fully saturated rings. The van der Waals surface area contributed by atoms with Gasteiger partial charge in [-0.15, -0.1) is 27.8 Å². The highest BCUT2D eigenvalue weighted by atomic mass is 35.5. The topological polar surface area (TPSA) is 239 Å². The van der Waals surface area contributed by atoms with Gasteiger partial charge in [0.25, 0.3) is 11.8 Å². The quantitative estimate of drug-likeness (QED) is 0.0114. The summed E-state index contributed by atoms with van der Waals surface area (Å²) in [7, 11) is 3.23. The molecule has 0 aliphatic carbocycles. The van der Waals surface area contributed by atoms with E-state index in [9.17, 15) is 19.2 Å². The Kier molecular flexibility index (Phi) is 17.3. The van der Waals surface area contributed by atoms with Gasteiger partial charge in [0.1, 0.15) is 46.3 Å². The van der Waals surface area contributed by atoms with Gasteiger partial charge < -0.3 is 53.6 Å². The number of hydrogen-bond acceptors (Lipinski definition) is 18. The summed E-state index contributed by atoms with van der Waals surface area (Å²) >= 11 is 3.84. The number of oxime groups is 1. The number of carbonyl (C=O) groups excluding carboxylic acids is 4. The Balaban J connectivity index is 0.00000820. The normalized spacial score (nSPS) is 15.6. The number of methoxy groups -OCH3 is 1. The molecular formula is C53H57ClN10O8S3. The number of nitrogens with one attached hydrogen (secondary N) is 3. The van der Waals surface area contributed by atoms with Crippen LogP contribution in [0.1, 0.15) is 62.6 Å². The number of thiazole rings is 1. The van der Waals surface area contributed by atoms with Gasteiger partial charge in [-0.25, -0.2) is 14.6 Å². The first-order valence-electron chi connectivity index (χ1n) is 23.4. The average Bonchev–Trinajstić information content (AvgIpc) is 3.85. The van der Waals surface area contributed by atoms with Crippen molar-refractivity contribution in [2.24, 2.45) is 5.16 Å². The van der Waals surface area contributed by atoms with Crippen molar-refractivity contribution in [2.45, 2.75) is 74.5 Å². The number of aromatic nitrogens is 3. The van der Waals surface area contributed by atoms with Crippen LogP contribution < -0.4 is 49.3 Å². The lowest BCUT2D eigenvalue weighted by atomic mass is 9.77. The number of ether oxygens (including phenoxy) is 3. The third kappa shape index (κ3) is 12.3. The number of esters is 2. The van der Waals surface area contributed by atoms with Crippen molar-refractivity contribution in [3.8, 4) is 5.75 Å². The predicted molar refractivity (Wildman–Crippen MR) is 287 cm³/mol. The average molecular weight is 1090 g/mol. The molecule has 2 unspecified atom stereocenters. The third-order valence-electron chi connectivity index (χ3n) is 11.8. The van der Waals surface area contributed by atoms with Crippen LogP contribution in [-0.2, 0) is 45.6 Å². The van der Waals surface area contributed by atoms with E-state index in [0.29, 0.717) is 33.0 Å². The summed E-state index contributed by atoms with van der Waals surface area (Å²) in [5, 5.41) is 12.6. The summed E-state index contributed by atoms with van der Waals surface area (Å²) in [6.07, 6.45) is 0. The second-order valence-electron chi connectivity index (χ2n) is 18.5. The molecule has 18 nitrogen and oxygen atoms in total. The molecule has 1 saturated heterocycles. The Labute approximate surface area is 453 Å². The first-order valence-corrected chi connectivity index (χ1v) is 26.3. The van der Waals surface area contributed by atoms with Crippen molar-refractivity contribution in [3.63, 3.8) is 0 Å². The molecular weight excluding hydrogens is 1040 g/mol. The number of carbonyl (C=O) groups is 4. The standard InChI is InChI=1S/C53H56N10O8S3.ClH/c1-51(2,3)70-48(67)52(4,5)71-61-41(38-31-73-49(57-38)60-53(34-17-11-8-12-18-34,35-19-13-9-14-20-35)36-21-15-10-16-22-36)44(64)59-42-45(65)62-43(47(66)69-28-32-23-25-37(68-7)26-24-32)33(29-72-46(42)62)30-74-50-58-39(54)27-40(55)63(50)56-6;/h8-27,31,42,46,56H,28-30H2,1-7H3,(H5,54,55,57,59,60,64);1H/b61-41-;. The van der Waals surface area contributed by atoms with Crippen molar-refractivity contribution in [1.29, 1.82) is 0 Å². The van der Waals surface area contributed by atoms with Crippen molar-refractivity contribution < 1.29 is 55.3 Å². The SMILES string of the molecule is CN[n+]1c(N)cc(N)nc1SCC1=C(C(=O)OCc2ccc(OC)cc2)N2C(=O)C(NC(=O)/C(=N\OC(C)(C)C(=O)OC(C)(C)C)c3csc(NC(c4ccccc4)(c4ccccc4)c4ccccc4)n3)C2SC1.[Cl-]. The molecule has 0 bridgehead atoms. The number of nitrogen functional groups attached to an aromatic ring is 2. The largest absolute Gasteiger partial charge is 1.00 e. The summed E-state index contributed by atoms with van der Waals surface area (Å²) in [6.45, 7) is 8.04. The highest BCUT2D eigenvalue weighted by molar-refractivity contribution is 8.01. The number of thioether (sulfide) groups is 2. The van der Waals surface area contributed by atoms with E-state index < -0.39 is 51.9 Å². The highest BCUT2D eigenvalue weighted by Gasteiger charge is 2.55. The second kappa shape index (κ2) is 23.5. The number of β-lactam (4-membered cyclic amide) rings is 1.